The zero-order valence-electron chi connectivity index (χ0n) is 38.8. The maximum Gasteiger partial charge on any atom is 0.408 e. The number of benzene rings is 1. The summed E-state index contributed by atoms with van der Waals surface area (Å²) in [6.07, 6.45) is 9.95. The van der Waals surface area contributed by atoms with Crippen LogP contribution in [0.1, 0.15) is 91.0 Å². The van der Waals surface area contributed by atoms with Gasteiger partial charge in [-0.05, 0) is 93.7 Å². The fraction of sp³-hybridized carbons (Fsp3) is 0.612. The summed E-state index contributed by atoms with van der Waals surface area (Å²) in [5, 5.41) is 6.52. The standard InChI is InChI=1S/C49H66N6O10S/c1-7-36-31(2)49(36,45(58)53-66(60,61)48(6)21-22-48)52-42(56)38-29-33-30-55(38)44(57)41(47(3,4)5)51-46(59)65-39-20-13-16-32(39)15-9-8-10-18-35-40(63-26-14-23-54-24-27-62-28-25-54)34-17-11-12-19-37(34)50-43(35)64-33/h7-8,10-12,17,19,32-33,36,38-39,41H,1-2,9,13-16,18,20-30H2,3-6H3,(H,51,59)(H,52,56)(H,53,58)/b10-8+/t32-,33-,36-,38+,39-,41-,49-/m1/s1. The lowest BCUT2D eigenvalue weighted by molar-refractivity contribution is -0.142. The molecule has 0 unspecified atom stereocenters. The maximum atomic E-state index is 15.0. The average molecular weight is 931 g/mol. The first kappa shape index (κ1) is 47.5. The molecule has 16 nitrogen and oxygen atoms in total. The number of rotatable bonds is 11. The summed E-state index contributed by atoms with van der Waals surface area (Å²) in [5.74, 6) is -1.88. The summed E-state index contributed by atoms with van der Waals surface area (Å²) in [6.45, 7) is 19.3. The molecule has 66 heavy (non-hydrogen) atoms. The van der Waals surface area contributed by atoms with Crippen LogP contribution in [0.25, 0.3) is 10.9 Å². The van der Waals surface area contributed by atoms with Crippen molar-refractivity contribution < 1.29 is 46.5 Å². The van der Waals surface area contributed by atoms with Crippen LogP contribution in [0, 0.1) is 17.3 Å². The van der Waals surface area contributed by atoms with E-state index in [1.807, 2.05) is 45.0 Å². The van der Waals surface area contributed by atoms with Crippen LogP contribution < -0.4 is 24.8 Å². The van der Waals surface area contributed by atoms with Crippen molar-refractivity contribution in [2.75, 3.05) is 46.0 Å². The number of pyridine rings is 1. The highest BCUT2D eigenvalue weighted by Gasteiger charge is 2.66. The van der Waals surface area contributed by atoms with E-state index in [0.717, 1.165) is 62.7 Å². The van der Waals surface area contributed by atoms with Crippen LogP contribution in [0.4, 0.5) is 4.79 Å². The second kappa shape index (κ2) is 18.9. The molecule has 2 aromatic rings. The van der Waals surface area contributed by atoms with E-state index < -0.39 is 73.6 Å². The van der Waals surface area contributed by atoms with Crippen molar-refractivity contribution in [2.24, 2.45) is 17.3 Å². The van der Waals surface area contributed by atoms with E-state index in [1.165, 1.54) is 11.0 Å². The Hall–Kier alpha value is -5.00. The Labute approximate surface area is 388 Å². The van der Waals surface area contributed by atoms with Gasteiger partial charge in [0.1, 0.15) is 30.0 Å². The third kappa shape index (κ3) is 9.71. The fourth-order valence-corrected chi connectivity index (χ4v) is 11.3. The Bertz CT molecular complexity index is 2370. The molecule has 358 valence electrons. The van der Waals surface area contributed by atoms with Gasteiger partial charge < -0.3 is 34.5 Å². The maximum absolute atomic E-state index is 15.0. The molecule has 3 aliphatic carbocycles. The van der Waals surface area contributed by atoms with E-state index in [1.54, 1.807) is 6.92 Å². The van der Waals surface area contributed by atoms with Crippen molar-refractivity contribution in [3.63, 3.8) is 0 Å². The van der Waals surface area contributed by atoms with Gasteiger partial charge in [0, 0.05) is 37.4 Å². The molecule has 1 aromatic carbocycles. The molecule has 0 radical (unpaired) electrons. The van der Waals surface area contributed by atoms with Crippen LogP contribution in [0.2, 0.25) is 0 Å². The molecule has 3 N–H and O–H groups in total. The summed E-state index contributed by atoms with van der Waals surface area (Å²) in [4.78, 5) is 66.4. The summed E-state index contributed by atoms with van der Waals surface area (Å²) >= 11 is 0. The van der Waals surface area contributed by atoms with Crippen molar-refractivity contribution in [2.45, 2.75) is 126 Å². The minimum atomic E-state index is -4.09. The van der Waals surface area contributed by atoms with Gasteiger partial charge >= 0.3 is 6.09 Å². The highest BCUT2D eigenvalue weighted by molar-refractivity contribution is 7.91. The first-order valence-corrected chi connectivity index (χ1v) is 25.1. The highest BCUT2D eigenvalue weighted by atomic mass is 32.2. The van der Waals surface area contributed by atoms with Crippen LogP contribution in [0.3, 0.4) is 0 Å². The number of carbonyl (C=O) groups excluding carboxylic acids is 4. The number of para-hydroxylation sites is 1. The number of hydrogen-bond acceptors (Lipinski definition) is 12. The van der Waals surface area contributed by atoms with Crippen LogP contribution in [-0.2, 0) is 40.3 Å². The minimum absolute atomic E-state index is 0.0263. The highest BCUT2D eigenvalue weighted by Crippen LogP contribution is 2.51. The number of hydrogen-bond donors (Lipinski definition) is 3. The molecule has 0 spiro atoms. The number of morpholine rings is 1. The van der Waals surface area contributed by atoms with Crippen molar-refractivity contribution >= 4 is 44.7 Å². The zero-order chi connectivity index (χ0) is 47.0. The molecule has 8 rings (SSSR count). The monoisotopic (exact) mass is 930 g/mol. The molecule has 17 heteroatoms. The molecule has 3 aliphatic heterocycles. The SMILES string of the molecule is C=C[C@@H]1C(=C)[C@]1(NC(=O)[C@@H]1C[C@@H]2CN1C(=O)[C@H](C(C)(C)C)NC(=O)O[C@@H]1CCC[C@H]1CC/C=C/Cc1c(nc3ccccc3c1OCCCN1CCOCC1)O2)C(=O)NS(=O)(=O)C1(C)CC1. The smallest absolute Gasteiger partial charge is 0.408 e. The Morgan fingerprint density at radius 2 is 1.83 bits per heavy atom. The molecule has 2 saturated heterocycles. The second-order valence-electron chi connectivity index (χ2n) is 20.1. The zero-order valence-corrected chi connectivity index (χ0v) is 39.6. The van der Waals surface area contributed by atoms with Crippen LogP contribution in [0.15, 0.2) is 61.2 Å². The lowest BCUT2D eigenvalue weighted by Crippen LogP contribution is -2.60. The topological polar surface area (TPSA) is 195 Å². The number of nitrogens with zero attached hydrogens (tertiary/aromatic N) is 3. The summed E-state index contributed by atoms with van der Waals surface area (Å²) in [5.41, 5.74) is -1.02. The van der Waals surface area contributed by atoms with E-state index in [4.69, 9.17) is 23.9 Å². The Balaban J connectivity index is 1.15. The Morgan fingerprint density at radius 3 is 2.55 bits per heavy atom. The van der Waals surface area contributed by atoms with Gasteiger partial charge in [-0.25, -0.2) is 18.2 Å². The normalized spacial score (nSPS) is 29.8. The van der Waals surface area contributed by atoms with Gasteiger partial charge in [0.15, 0.2) is 5.54 Å². The van der Waals surface area contributed by atoms with Crippen LogP contribution in [0.5, 0.6) is 11.6 Å². The molecule has 4 heterocycles. The van der Waals surface area contributed by atoms with Gasteiger partial charge in [0.05, 0.1) is 42.2 Å². The predicted octanol–water partition coefficient (Wildman–Crippen LogP) is 5.11. The summed E-state index contributed by atoms with van der Waals surface area (Å²) in [7, 11) is -4.09. The van der Waals surface area contributed by atoms with Crippen molar-refractivity contribution in [3.8, 4) is 11.6 Å². The molecular weight excluding hydrogens is 865 g/mol. The molecular formula is C49H66N6O10S. The van der Waals surface area contributed by atoms with Crippen molar-refractivity contribution in [1.82, 2.24) is 30.1 Å². The number of fused-ring (bicyclic) bond motifs is 5. The van der Waals surface area contributed by atoms with Gasteiger partial charge in [-0.2, -0.15) is 0 Å². The van der Waals surface area contributed by atoms with E-state index in [0.29, 0.717) is 62.7 Å². The molecule has 7 atom stereocenters. The van der Waals surface area contributed by atoms with E-state index in [2.05, 4.69) is 45.6 Å². The van der Waals surface area contributed by atoms with Gasteiger partial charge in [-0.15, -0.1) is 6.58 Å². The minimum Gasteiger partial charge on any atom is -0.492 e. The lowest BCUT2D eigenvalue weighted by Gasteiger charge is -2.35. The number of nitrogens with one attached hydrogen (secondary N) is 3. The molecule has 4 amide bonds. The predicted molar refractivity (Wildman–Crippen MR) is 248 cm³/mol. The molecule has 6 aliphatic rings. The third-order valence-corrected chi connectivity index (χ3v) is 16.6. The molecule has 1 aromatic heterocycles. The second-order valence-corrected chi connectivity index (χ2v) is 22.3. The molecule has 3 saturated carbocycles. The van der Waals surface area contributed by atoms with Crippen LogP contribution >= 0.6 is 0 Å². The summed E-state index contributed by atoms with van der Waals surface area (Å²) in [6, 6.07) is 5.36. The van der Waals surface area contributed by atoms with Gasteiger partial charge in [-0.3, -0.25) is 24.0 Å². The number of alkyl carbamates (subject to hydrolysis) is 1. The van der Waals surface area contributed by atoms with E-state index in [-0.39, 0.29) is 30.6 Å². The Morgan fingerprint density at radius 1 is 1.08 bits per heavy atom. The number of sulfonamides is 1. The fourth-order valence-electron chi connectivity index (χ4n) is 9.97. The van der Waals surface area contributed by atoms with Crippen molar-refractivity contribution in [1.29, 1.82) is 0 Å². The number of amides is 4. The largest absolute Gasteiger partial charge is 0.492 e. The van der Waals surface area contributed by atoms with Gasteiger partial charge in [-0.1, -0.05) is 57.7 Å². The van der Waals surface area contributed by atoms with Crippen molar-refractivity contribution in [3.05, 3.63) is 66.8 Å². The third-order valence-electron chi connectivity index (χ3n) is 14.4. The summed E-state index contributed by atoms with van der Waals surface area (Å²) < 4.78 is 52.8. The van der Waals surface area contributed by atoms with Gasteiger partial charge in [0.2, 0.25) is 27.7 Å². The lowest BCUT2D eigenvalue weighted by atomic mass is 9.85. The number of aromatic nitrogens is 1. The molecule has 5 fully saturated rings. The average Bonchev–Trinajstić information content (AvgIpc) is 4.00. The van der Waals surface area contributed by atoms with E-state index >= 15 is 4.79 Å². The molecule has 2 bridgehead atoms. The van der Waals surface area contributed by atoms with E-state index in [9.17, 15) is 22.8 Å². The first-order valence-electron chi connectivity index (χ1n) is 23.6. The Kier molecular flexibility index (Phi) is 13.6. The quantitative estimate of drug-likeness (QED) is 0.200. The van der Waals surface area contributed by atoms with Crippen LogP contribution in [-0.4, -0.2) is 128 Å². The number of allylic oxidation sites excluding steroid dienone is 2. The first-order chi connectivity index (χ1) is 31.5. The number of carbonyl (C=O) groups is 4. The number of ether oxygens (including phenoxy) is 4. The van der Waals surface area contributed by atoms with Gasteiger partial charge in [0.25, 0.3) is 5.91 Å².